The molecule has 1 saturated heterocycles. The third-order valence-corrected chi connectivity index (χ3v) is 9.86. The molecule has 10 nitrogen and oxygen atoms in total. The van der Waals surface area contributed by atoms with Crippen molar-refractivity contribution >= 4 is 29.4 Å². The Morgan fingerprint density at radius 1 is 1.05 bits per heavy atom. The molecule has 1 aliphatic heterocycles. The SMILES string of the molecule is CNC(=O)C1(N2CC3(CC3)CNC2=O)Cc2ccc(NC(=O)[C@@H](NC(=O)c3cccc(C#N)c3)C3CCCCC3)cc2C1. The van der Waals surface area contributed by atoms with E-state index in [-0.39, 0.29) is 35.1 Å². The Hall–Kier alpha value is -4.39. The molecule has 3 fully saturated rings. The summed E-state index contributed by atoms with van der Waals surface area (Å²) in [6.07, 6.45) is 7.63. The van der Waals surface area contributed by atoms with Crippen LogP contribution in [0.4, 0.5) is 10.5 Å². The van der Waals surface area contributed by atoms with Crippen LogP contribution in [0, 0.1) is 22.7 Å². The van der Waals surface area contributed by atoms with Crippen LogP contribution in [-0.4, -0.2) is 60.4 Å². The van der Waals surface area contributed by atoms with Crippen molar-refractivity contribution in [1.29, 1.82) is 5.26 Å². The summed E-state index contributed by atoms with van der Waals surface area (Å²) in [6.45, 7) is 1.21. The zero-order valence-corrected chi connectivity index (χ0v) is 24.5. The van der Waals surface area contributed by atoms with Gasteiger partial charge in [-0.2, -0.15) is 5.26 Å². The Morgan fingerprint density at radius 3 is 2.53 bits per heavy atom. The van der Waals surface area contributed by atoms with Gasteiger partial charge in [-0.3, -0.25) is 14.4 Å². The zero-order chi connectivity index (χ0) is 30.2. The molecule has 1 unspecified atom stereocenters. The lowest BCUT2D eigenvalue weighted by Crippen LogP contribution is -2.67. The largest absolute Gasteiger partial charge is 0.357 e. The van der Waals surface area contributed by atoms with Crippen molar-refractivity contribution in [2.75, 3.05) is 25.5 Å². The molecule has 43 heavy (non-hydrogen) atoms. The second-order valence-corrected chi connectivity index (χ2v) is 12.7. The third-order valence-electron chi connectivity index (χ3n) is 9.86. The van der Waals surface area contributed by atoms with Crippen molar-refractivity contribution in [3.8, 4) is 6.07 Å². The Labute approximate surface area is 251 Å². The smallest absolute Gasteiger partial charge is 0.318 e. The normalized spacial score (nSPS) is 23.0. The number of carbonyl (C=O) groups excluding carboxylic acids is 4. The maximum atomic E-state index is 13.7. The molecule has 3 aliphatic carbocycles. The first-order valence-electron chi connectivity index (χ1n) is 15.3. The van der Waals surface area contributed by atoms with Gasteiger partial charge in [0.25, 0.3) is 5.91 Å². The van der Waals surface area contributed by atoms with Crippen LogP contribution in [-0.2, 0) is 22.4 Å². The highest BCUT2D eigenvalue weighted by atomic mass is 16.2. The Balaban J connectivity index is 1.22. The highest BCUT2D eigenvalue weighted by Crippen LogP contribution is 2.49. The lowest BCUT2D eigenvalue weighted by atomic mass is 9.83. The monoisotopic (exact) mass is 582 g/mol. The number of hydrogen-bond acceptors (Lipinski definition) is 5. The average Bonchev–Trinajstić information content (AvgIpc) is 3.68. The van der Waals surface area contributed by atoms with E-state index in [1.807, 2.05) is 18.2 Å². The van der Waals surface area contributed by atoms with E-state index in [4.69, 9.17) is 0 Å². The van der Waals surface area contributed by atoms with Gasteiger partial charge in [0.1, 0.15) is 11.6 Å². The number of fused-ring (bicyclic) bond motifs is 1. The van der Waals surface area contributed by atoms with Crippen LogP contribution in [0.15, 0.2) is 42.5 Å². The molecule has 0 radical (unpaired) electrons. The van der Waals surface area contributed by atoms with Crippen molar-refractivity contribution < 1.29 is 19.2 Å². The third kappa shape index (κ3) is 5.56. The molecule has 0 aromatic heterocycles. The Kier molecular flexibility index (Phi) is 7.59. The fourth-order valence-electron chi connectivity index (χ4n) is 7.16. The van der Waals surface area contributed by atoms with Gasteiger partial charge >= 0.3 is 6.03 Å². The quantitative estimate of drug-likeness (QED) is 0.396. The molecule has 1 heterocycles. The lowest BCUT2D eigenvalue weighted by molar-refractivity contribution is -0.131. The molecule has 224 valence electrons. The second-order valence-electron chi connectivity index (χ2n) is 12.7. The Morgan fingerprint density at radius 2 is 1.81 bits per heavy atom. The van der Waals surface area contributed by atoms with Crippen LogP contribution in [0.2, 0.25) is 0 Å². The van der Waals surface area contributed by atoms with Gasteiger partial charge in [-0.1, -0.05) is 31.4 Å². The zero-order valence-electron chi connectivity index (χ0n) is 24.5. The van der Waals surface area contributed by atoms with Gasteiger partial charge in [0.15, 0.2) is 0 Å². The van der Waals surface area contributed by atoms with Crippen LogP contribution >= 0.6 is 0 Å². The summed E-state index contributed by atoms with van der Waals surface area (Å²) in [5.41, 5.74) is 2.21. The van der Waals surface area contributed by atoms with E-state index in [0.29, 0.717) is 42.7 Å². The van der Waals surface area contributed by atoms with Gasteiger partial charge < -0.3 is 26.2 Å². The number of hydrogen-bond donors (Lipinski definition) is 4. The van der Waals surface area contributed by atoms with E-state index < -0.39 is 11.6 Å². The van der Waals surface area contributed by atoms with E-state index in [1.165, 1.54) is 6.07 Å². The first-order valence-corrected chi connectivity index (χ1v) is 15.3. The van der Waals surface area contributed by atoms with Crippen LogP contribution in [0.1, 0.15) is 72.0 Å². The molecule has 2 saturated carbocycles. The van der Waals surface area contributed by atoms with Crippen LogP contribution in [0.3, 0.4) is 0 Å². The predicted octanol–water partition coefficient (Wildman–Crippen LogP) is 3.26. The van der Waals surface area contributed by atoms with Gasteiger partial charge in [-0.05, 0) is 73.1 Å². The predicted molar refractivity (Wildman–Crippen MR) is 160 cm³/mol. The molecule has 4 aliphatic rings. The maximum Gasteiger partial charge on any atom is 0.318 e. The number of benzene rings is 2. The van der Waals surface area contributed by atoms with E-state index >= 15 is 0 Å². The highest BCUT2D eigenvalue weighted by molar-refractivity contribution is 6.01. The number of rotatable bonds is 7. The number of urea groups is 1. The summed E-state index contributed by atoms with van der Waals surface area (Å²) in [4.78, 5) is 55.1. The van der Waals surface area contributed by atoms with E-state index in [0.717, 1.165) is 56.1 Å². The Bertz CT molecular complexity index is 1500. The molecule has 0 bridgehead atoms. The number of nitriles is 1. The molecular formula is C33H38N6O4. The van der Waals surface area contributed by atoms with Crippen molar-refractivity contribution in [2.24, 2.45) is 11.3 Å². The number of likely N-dealkylation sites (N-methyl/N-ethyl adjacent to an activating group) is 1. The molecule has 1 spiro atoms. The van der Waals surface area contributed by atoms with Crippen molar-refractivity contribution in [2.45, 2.75) is 69.4 Å². The number of amides is 5. The van der Waals surface area contributed by atoms with Gasteiger partial charge in [0, 0.05) is 49.6 Å². The summed E-state index contributed by atoms with van der Waals surface area (Å²) >= 11 is 0. The minimum Gasteiger partial charge on any atom is -0.357 e. The molecule has 2 aromatic carbocycles. The molecule has 10 heteroatoms. The van der Waals surface area contributed by atoms with Crippen LogP contribution < -0.4 is 21.3 Å². The molecule has 4 N–H and O–H groups in total. The van der Waals surface area contributed by atoms with E-state index in [2.05, 4.69) is 27.3 Å². The van der Waals surface area contributed by atoms with Gasteiger partial charge in [0.2, 0.25) is 11.8 Å². The summed E-state index contributed by atoms with van der Waals surface area (Å²) < 4.78 is 0. The standard InChI is InChI=1S/C33H38N6O4/c1-35-30(42)33(39-20-32(12-13-32)19-36-31(39)43)16-24-10-11-26(15-25(24)17-33)37-29(41)27(22-7-3-2-4-8-22)38-28(40)23-9-5-6-21(14-23)18-34/h5-6,9-11,14-15,22,27H,2-4,7-8,12-13,16-17,19-20H2,1H3,(H,35,42)(H,36,43)(H,37,41)(H,38,40)/t27-,33?/m0/s1. The fraction of sp³-hybridized carbons (Fsp3) is 0.485. The van der Waals surface area contributed by atoms with Crippen molar-refractivity contribution in [3.63, 3.8) is 0 Å². The fourth-order valence-corrected chi connectivity index (χ4v) is 7.16. The van der Waals surface area contributed by atoms with Gasteiger partial charge in [0.05, 0.1) is 11.6 Å². The molecule has 2 aromatic rings. The van der Waals surface area contributed by atoms with Gasteiger partial charge in [-0.25, -0.2) is 4.79 Å². The summed E-state index contributed by atoms with van der Waals surface area (Å²) in [5, 5.41) is 21.0. The minimum absolute atomic E-state index is 0.000430. The van der Waals surface area contributed by atoms with Crippen LogP contribution in [0.25, 0.3) is 0 Å². The lowest BCUT2D eigenvalue weighted by Gasteiger charge is -2.44. The maximum absolute atomic E-state index is 13.7. The molecule has 5 amide bonds. The average molecular weight is 583 g/mol. The van der Waals surface area contributed by atoms with E-state index in [1.54, 1.807) is 30.1 Å². The molecule has 2 atom stereocenters. The summed E-state index contributed by atoms with van der Waals surface area (Å²) in [5.74, 6) is -0.874. The molecule has 6 rings (SSSR count). The van der Waals surface area contributed by atoms with Gasteiger partial charge in [-0.15, -0.1) is 0 Å². The number of nitrogens with one attached hydrogen (secondary N) is 4. The number of carbonyl (C=O) groups is 4. The highest BCUT2D eigenvalue weighted by Gasteiger charge is 2.57. The molecular weight excluding hydrogens is 544 g/mol. The summed E-state index contributed by atoms with van der Waals surface area (Å²) in [6, 6.07) is 13.2. The van der Waals surface area contributed by atoms with Crippen molar-refractivity contribution in [3.05, 3.63) is 64.7 Å². The first-order chi connectivity index (χ1) is 20.8. The second kappa shape index (κ2) is 11.4. The topological polar surface area (TPSA) is 143 Å². The van der Waals surface area contributed by atoms with E-state index in [9.17, 15) is 24.4 Å². The number of nitrogens with zero attached hydrogens (tertiary/aromatic N) is 2. The summed E-state index contributed by atoms with van der Waals surface area (Å²) in [7, 11) is 1.60. The first kappa shape index (κ1) is 28.7. The van der Waals surface area contributed by atoms with Crippen molar-refractivity contribution in [1.82, 2.24) is 20.9 Å². The minimum atomic E-state index is -1.03. The number of anilines is 1. The van der Waals surface area contributed by atoms with Crippen LogP contribution in [0.5, 0.6) is 0 Å².